The molecule has 0 bridgehead atoms. The van der Waals surface area contributed by atoms with Gasteiger partial charge in [-0.3, -0.25) is 9.10 Å². The largest absolute Gasteiger partial charge is 0.497 e. The highest BCUT2D eigenvalue weighted by atomic mass is 32.2. The fraction of sp³-hybridized carbons (Fsp3) is 0.294. The molecule has 0 spiro atoms. The second kappa shape index (κ2) is 8.87. The van der Waals surface area contributed by atoms with Crippen molar-refractivity contribution in [1.29, 1.82) is 0 Å². The van der Waals surface area contributed by atoms with Gasteiger partial charge >= 0.3 is 0 Å². The van der Waals surface area contributed by atoms with Crippen LogP contribution < -0.4 is 19.2 Å². The van der Waals surface area contributed by atoms with Gasteiger partial charge < -0.3 is 9.47 Å². The van der Waals surface area contributed by atoms with Crippen molar-refractivity contribution in [3.05, 3.63) is 40.6 Å². The summed E-state index contributed by atoms with van der Waals surface area (Å²) < 4.78 is 35.8. The molecule has 8 nitrogen and oxygen atoms in total. The van der Waals surface area contributed by atoms with E-state index in [2.05, 4.69) is 10.5 Å². The molecule has 1 amide bonds. The normalized spacial score (nSPS) is 11.8. The summed E-state index contributed by atoms with van der Waals surface area (Å²) in [6.45, 7) is 1.32. The summed E-state index contributed by atoms with van der Waals surface area (Å²) in [6, 6.07) is 8.41. The average Bonchev–Trinajstić information content (AvgIpc) is 3.17. The number of thiophene rings is 1. The van der Waals surface area contributed by atoms with Crippen molar-refractivity contribution in [1.82, 2.24) is 5.43 Å². The summed E-state index contributed by atoms with van der Waals surface area (Å²) >= 11 is 1.49. The zero-order chi connectivity index (χ0) is 20.0. The van der Waals surface area contributed by atoms with E-state index in [0.29, 0.717) is 11.5 Å². The molecule has 1 N–H and O–H groups in total. The molecule has 1 heterocycles. The Hall–Kier alpha value is -2.59. The van der Waals surface area contributed by atoms with Crippen LogP contribution in [0.15, 0.2) is 40.8 Å². The first-order valence-corrected chi connectivity index (χ1v) is 10.6. The van der Waals surface area contributed by atoms with Crippen LogP contribution in [0.5, 0.6) is 11.5 Å². The van der Waals surface area contributed by atoms with Crippen molar-refractivity contribution in [2.75, 3.05) is 31.3 Å². The number of hydrazone groups is 1. The Balaban J connectivity index is 2.23. The number of amides is 1. The molecule has 0 saturated carbocycles. The molecule has 1 aromatic heterocycles. The van der Waals surface area contributed by atoms with Crippen LogP contribution >= 0.6 is 11.3 Å². The standard InChI is InChI=1S/C17H21N3O5S2/c1-12(16-6-5-9-26-16)18-19-17(21)11-20(27(4,22)23)14-8-7-13(24-2)10-15(14)25-3/h5-10H,11H2,1-4H3,(H,19,21)/b18-12+. The molecule has 0 unspecified atom stereocenters. The highest BCUT2D eigenvalue weighted by Gasteiger charge is 2.24. The second-order valence-electron chi connectivity index (χ2n) is 5.52. The molecular weight excluding hydrogens is 390 g/mol. The average molecular weight is 412 g/mol. The van der Waals surface area contributed by atoms with Crippen LogP contribution in [0.4, 0.5) is 5.69 Å². The summed E-state index contributed by atoms with van der Waals surface area (Å²) in [5, 5.41) is 5.92. The lowest BCUT2D eigenvalue weighted by Crippen LogP contribution is -2.39. The van der Waals surface area contributed by atoms with Gasteiger partial charge in [-0.2, -0.15) is 5.10 Å². The molecule has 0 radical (unpaired) electrons. The molecule has 0 fully saturated rings. The number of benzene rings is 1. The molecule has 0 atom stereocenters. The number of nitrogens with zero attached hydrogens (tertiary/aromatic N) is 2. The van der Waals surface area contributed by atoms with Crippen LogP contribution in [0.25, 0.3) is 0 Å². The highest BCUT2D eigenvalue weighted by molar-refractivity contribution is 7.92. The van der Waals surface area contributed by atoms with E-state index in [9.17, 15) is 13.2 Å². The summed E-state index contributed by atoms with van der Waals surface area (Å²) in [4.78, 5) is 13.2. The number of methoxy groups -OCH3 is 2. The number of carbonyl (C=O) groups excluding carboxylic acids is 1. The van der Waals surface area contributed by atoms with E-state index in [1.165, 1.54) is 31.6 Å². The van der Waals surface area contributed by atoms with Crippen LogP contribution in [-0.2, 0) is 14.8 Å². The third-order valence-corrected chi connectivity index (χ3v) is 5.67. The van der Waals surface area contributed by atoms with Crippen LogP contribution in [0, 0.1) is 0 Å². The Labute approximate surface area is 162 Å². The molecule has 27 heavy (non-hydrogen) atoms. The first-order valence-electron chi connectivity index (χ1n) is 7.83. The Kier molecular flexibility index (Phi) is 6.81. The first kappa shape index (κ1) is 20.7. The molecule has 2 rings (SSSR count). The lowest BCUT2D eigenvalue weighted by atomic mass is 10.2. The number of hydrogen-bond acceptors (Lipinski definition) is 7. The minimum Gasteiger partial charge on any atom is -0.497 e. The summed E-state index contributed by atoms with van der Waals surface area (Å²) in [5.41, 5.74) is 3.25. The van der Waals surface area contributed by atoms with Crippen molar-refractivity contribution in [2.45, 2.75) is 6.92 Å². The van der Waals surface area contributed by atoms with Gasteiger partial charge in [0.2, 0.25) is 10.0 Å². The van der Waals surface area contributed by atoms with Crippen molar-refractivity contribution in [3.63, 3.8) is 0 Å². The van der Waals surface area contributed by atoms with Crippen molar-refractivity contribution in [2.24, 2.45) is 5.10 Å². The van der Waals surface area contributed by atoms with E-state index >= 15 is 0 Å². The van der Waals surface area contributed by atoms with Gasteiger partial charge in [0.25, 0.3) is 5.91 Å². The number of sulfonamides is 1. The number of hydrogen-bond donors (Lipinski definition) is 1. The smallest absolute Gasteiger partial charge is 0.260 e. The van der Waals surface area contributed by atoms with E-state index in [-0.39, 0.29) is 11.4 Å². The zero-order valence-corrected chi connectivity index (χ0v) is 17.1. The van der Waals surface area contributed by atoms with Crippen molar-refractivity contribution < 1.29 is 22.7 Å². The Morgan fingerprint density at radius 1 is 1.26 bits per heavy atom. The van der Waals surface area contributed by atoms with Crippen LogP contribution in [0.1, 0.15) is 11.8 Å². The molecule has 0 aliphatic carbocycles. The lowest BCUT2D eigenvalue weighted by Gasteiger charge is -2.23. The van der Waals surface area contributed by atoms with Gasteiger partial charge in [-0.05, 0) is 30.5 Å². The predicted octanol–water partition coefficient (Wildman–Crippen LogP) is 2.07. The van der Waals surface area contributed by atoms with Gasteiger partial charge in [-0.25, -0.2) is 13.8 Å². The Morgan fingerprint density at radius 2 is 2.00 bits per heavy atom. The second-order valence-corrected chi connectivity index (χ2v) is 8.37. The van der Waals surface area contributed by atoms with Gasteiger partial charge in [0.05, 0.1) is 31.9 Å². The minimum atomic E-state index is -3.74. The fourth-order valence-corrected chi connectivity index (χ4v) is 3.76. The zero-order valence-electron chi connectivity index (χ0n) is 15.4. The van der Waals surface area contributed by atoms with Gasteiger partial charge in [-0.1, -0.05) is 6.07 Å². The van der Waals surface area contributed by atoms with Gasteiger partial charge in [0.15, 0.2) is 0 Å². The van der Waals surface area contributed by atoms with Crippen LogP contribution in [0.2, 0.25) is 0 Å². The molecule has 146 valence electrons. The number of anilines is 1. The summed E-state index contributed by atoms with van der Waals surface area (Å²) in [6.07, 6.45) is 1.02. The fourth-order valence-electron chi connectivity index (χ4n) is 2.22. The van der Waals surface area contributed by atoms with E-state index < -0.39 is 22.5 Å². The van der Waals surface area contributed by atoms with Gasteiger partial charge in [0.1, 0.15) is 18.0 Å². The van der Waals surface area contributed by atoms with Crippen molar-refractivity contribution >= 4 is 38.7 Å². The third-order valence-electron chi connectivity index (χ3n) is 3.57. The van der Waals surface area contributed by atoms with E-state index in [1.807, 2.05) is 17.5 Å². The number of rotatable bonds is 8. The van der Waals surface area contributed by atoms with Gasteiger partial charge in [0, 0.05) is 10.9 Å². The molecule has 1 aromatic carbocycles. The lowest BCUT2D eigenvalue weighted by molar-refractivity contribution is -0.119. The molecule has 0 aliphatic heterocycles. The van der Waals surface area contributed by atoms with Crippen molar-refractivity contribution in [3.8, 4) is 11.5 Å². The highest BCUT2D eigenvalue weighted by Crippen LogP contribution is 2.33. The maximum Gasteiger partial charge on any atom is 0.260 e. The Morgan fingerprint density at radius 3 is 2.56 bits per heavy atom. The van der Waals surface area contributed by atoms with E-state index in [0.717, 1.165) is 15.4 Å². The third kappa shape index (κ3) is 5.44. The molecule has 0 saturated heterocycles. The summed E-state index contributed by atoms with van der Waals surface area (Å²) in [7, 11) is -0.841. The van der Waals surface area contributed by atoms with Crippen LogP contribution in [0.3, 0.4) is 0 Å². The Bertz CT molecular complexity index is 924. The molecule has 10 heteroatoms. The molecule has 2 aromatic rings. The van der Waals surface area contributed by atoms with Crippen LogP contribution in [-0.4, -0.2) is 47.1 Å². The number of carbonyl (C=O) groups is 1. The molecular formula is C17H21N3O5S2. The maximum atomic E-state index is 12.3. The minimum absolute atomic E-state index is 0.231. The topological polar surface area (TPSA) is 97.3 Å². The maximum absolute atomic E-state index is 12.3. The van der Waals surface area contributed by atoms with E-state index in [4.69, 9.17) is 9.47 Å². The first-order chi connectivity index (χ1) is 12.8. The number of nitrogens with one attached hydrogen (secondary N) is 1. The quantitative estimate of drug-likeness (QED) is 0.530. The summed E-state index contributed by atoms with van der Waals surface area (Å²) in [5.74, 6) is 0.199. The van der Waals surface area contributed by atoms with E-state index in [1.54, 1.807) is 19.1 Å². The predicted molar refractivity (Wildman–Crippen MR) is 106 cm³/mol. The number of ether oxygens (including phenoxy) is 2. The monoisotopic (exact) mass is 411 g/mol. The molecule has 0 aliphatic rings. The van der Waals surface area contributed by atoms with Gasteiger partial charge in [-0.15, -0.1) is 11.3 Å². The SMILES string of the molecule is COc1ccc(N(CC(=O)N/N=C(\C)c2cccs2)S(C)(=O)=O)c(OC)c1.